The molecule has 2 heterocycles. The van der Waals surface area contributed by atoms with Gasteiger partial charge >= 0.3 is 6.01 Å². The van der Waals surface area contributed by atoms with E-state index in [9.17, 15) is 0 Å². The smallest absolute Gasteiger partial charge is 0.301 e. The number of pyridine rings is 1. The summed E-state index contributed by atoms with van der Waals surface area (Å²) in [6.45, 7) is 0. The summed E-state index contributed by atoms with van der Waals surface area (Å²) in [5, 5.41) is 6.30. The van der Waals surface area contributed by atoms with E-state index in [2.05, 4.69) is 52.5 Å². The van der Waals surface area contributed by atoms with Gasteiger partial charge in [0.05, 0.1) is 6.20 Å². The molecule has 21 heavy (non-hydrogen) atoms. The maximum Gasteiger partial charge on any atom is 0.301 e. The van der Waals surface area contributed by atoms with Gasteiger partial charge in [0.15, 0.2) is 5.11 Å². The lowest BCUT2D eigenvalue weighted by atomic mass is 9.84. The Morgan fingerprint density at radius 1 is 1.29 bits per heavy atom. The van der Waals surface area contributed by atoms with E-state index < -0.39 is 0 Å². The van der Waals surface area contributed by atoms with Gasteiger partial charge in [-0.15, -0.1) is 0 Å². The summed E-state index contributed by atoms with van der Waals surface area (Å²) in [6.07, 6.45) is 5.38. The molecule has 0 atom stereocenters. The van der Waals surface area contributed by atoms with Gasteiger partial charge in [0.1, 0.15) is 16.2 Å². The maximum atomic E-state index is 5.65. The fourth-order valence-corrected chi connectivity index (χ4v) is 3.37. The molecule has 0 bridgehead atoms. The second-order valence-electron chi connectivity index (χ2n) is 4.77. The summed E-state index contributed by atoms with van der Waals surface area (Å²) in [4.78, 5) is 8.46. The predicted molar refractivity (Wildman–Crippen MR) is 92.6 cm³/mol. The van der Waals surface area contributed by atoms with Crippen molar-refractivity contribution in [1.82, 2.24) is 9.97 Å². The van der Waals surface area contributed by atoms with Crippen molar-refractivity contribution < 1.29 is 4.42 Å². The average Bonchev–Trinajstić information content (AvgIpc) is 2.72. The molecule has 2 aromatic heterocycles. The molecule has 1 fully saturated rings. The minimum absolute atomic E-state index is 0.384. The summed E-state index contributed by atoms with van der Waals surface area (Å²) < 4.78 is 7.27. The van der Waals surface area contributed by atoms with Crippen LogP contribution in [0, 0.1) is 0 Å². The van der Waals surface area contributed by atoms with Crippen molar-refractivity contribution in [3.8, 4) is 0 Å². The Kier molecular flexibility index (Phi) is 4.56. The number of hydrogen-bond acceptors (Lipinski definition) is 4. The summed E-state index contributed by atoms with van der Waals surface area (Å²) in [5.41, 5.74) is 0. The van der Waals surface area contributed by atoms with Crippen LogP contribution >= 0.6 is 44.1 Å². The van der Waals surface area contributed by atoms with Crippen LogP contribution in [-0.2, 0) is 0 Å². The first-order valence-corrected chi connectivity index (χ1v) is 8.46. The predicted octanol–water partition coefficient (Wildman–Crippen LogP) is 4.67. The van der Waals surface area contributed by atoms with Gasteiger partial charge in [0.25, 0.3) is 0 Å². The third-order valence-electron chi connectivity index (χ3n) is 3.25. The van der Waals surface area contributed by atoms with Crippen molar-refractivity contribution in [2.75, 3.05) is 10.6 Å². The first-order valence-electron chi connectivity index (χ1n) is 6.47. The Morgan fingerprint density at radius 2 is 2.10 bits per heavy atom. The van der Waals surface area contributed by atoms with Crippen LogP contribution in [-0.4, -0.2) is 15.1 Å². The molecule has 1 aliphatic carbocycles. The highest BCUT2D eigenvalue weighted by molar-refractivity contribution is 9.11. The van der Waals surface area contributed by atoms with E-state index in [0.717, 1.165) is 10.2 Å². The van der Waals surface area contributed by atoms with Crippen molar-refractivity contribution in [1.29, 1.82) is 0 Å². The number of nitrogens with zero attached hydrogens (tertiary/aromatic N) is 2. The van der Waals surface area contributed by atoms with Gasteiger partial charge in [0.2, 0.25) is 0 Å². The lowest BCUT2D eigenvalue weighted by Crippen LogP contribution is -2.20. The Bertz CT molecular complexity index is 652. The molecule has 110 valence electrons. The molecule has 0 unspecified atom stereocenters. The fraction of sp³-hybridized carbons (Fsp3) is 0.308. The second-order valence-corrected chi connectivity index (χ2v) is 6.90. The zero-order valence-electron chi connectivity index (χ0n) is 10.9. The quantitative estimate of drug-likeness (QED) is 0.543. The van der Waals surface area contributed by atoms with E-state index in [1.807, 2.05) is 12.1 Å². The molecular formula is C13H12Br2N4OS. The summed E-state index contributed by atoms with van der Waals surface area (Å²) >= 11 is 12.0. The molecule has 0 aromatic carbocycles. The molecule has 3 rings (SSSR count). The van der Waals surface area contributed by atoms with Crippen LogP contribution in [0.5, 0.6) is 0 Å². The van der Waals surface area contributed by atoms with Gasteiger partial charge in [0, 0.05) is 10.4 Å². The Hall–Kier alpha value is -0.990. The number of hydrogen-bond donors (Lipinski definition) is 2. The third kappa shape index (κ3) is 3.81. The molecule has 1 saturated carbocycles. The van der Waals surface area contributed by atoms with Crippen LogP contribution < -0.4 is 10.6 Å². The number of oxazole rings is 1. The Balaban J connectivity index is 1.61. The molecule has 0 aliphatic heterocycles. The number of aromatic nitrogens is 2. The summed E-state index contributed by atoms with van der Waals surface area (Å²) in [7, 11) is 0. The number of rotatable bonds is 3. The lowest BCUT2D eigenvalue weighted by Gasteiger charge is -2.22. The SMILES string of the molecule is S=C(Nc1cc(Br)cc(Br)n1)Nc1ncc(C2CCC2)o1. The van der Waals surface area contributed by atoms with Gasteiger partial charge < -0.3 is 9.73 Å². The molecule has 0 saturated heterocycles. The topological polar surface area (TPSA) is 63.0 Å². The number of anilines is 2. The van der Waals surface area contributed by atoms with E-state index in [1.165, 1.54) is 19.3 Å². The summed E-state index contributed by atoms with van der Waals surface area (Å²) in [6, 6.07) is 4.08. The largest absolute Gasteiger partial charge is 0.428 e. The minimum Gasteiger partial charge on any atom is -0.428 e. The highest BCUT2D eigenvalue weighted by Crippen LogP contribution is 2.37. The molecular weight excluding hydrogens is 420 g/mol. The number of nitrogens with one attached hydrogen (secondary N) is 2. The number of thiocarbonyl (C=S) groups is 1. The highest BCUT2D eigenvalue weighted by Gasteiger charge is 2.23. The van der Waals surface area contributed by atoms with Crippen molar-refractivity contribution in [3.63, 3.8) is 0 Å². The zero-order chi connectivity index (χ0) is 14.8. The van der Waals surface area contributed by atoms with Gasteiger partial charge in [-0.25, -0.2) is 9.97 Å². The monoisotopic (exact) mass is 430 g/mol. The maximum absolute atomic E-state index is 5.65. The summed E-state index contributed by atoms with van der Waals surface area (Å²) in [5.74, 6) is 2.06. The van der Waals surface area contributed by atoms with Crippen molar-refractivity contribution >= 4 is 61.0 Å². The van der Waals surface area contributed by atoms with Crippen molar-refractivity contribution in [2.24, 2.45) is 0 Å². The third-order valence-corrected chi connectivity index (χ3v) is 4.32. The van der Waals surface area contributed by atoms with Crippen LogP contribution in [0.15, 0.2) is 31.8 Å². The van der Waals surface area contributed by atoms with Gasteiger partial charge in [-0.05, 0) is 53.1 Å². The lowest BCUT2D eigenvalue weighted by molar-refractivity contribution is 0.351. The van der Waals surface area contributed by atoms with Crippen LogP contribution in [0.25, 0.3) is 0 Å². The van der Waals surface area contributed by atoms with E-state index >= 15 is 0 Å². The highest BCUT2D eigenvalue weighted by atomic mass is 79.9. The molecule has 0 amide bonds. The van der Waals surface area contributed by atoms with Gasteiger partial charge in [-0.2, -0.15) is 0 Å². The van der Waals surface area contributed by atoms with E-state index in [1.54, 1.807) is 6.20 Å². The molecule has 8 heteroatoms. The van der Waals surface area contributed by atoms with Crippen LogP contribution in [0.3, 0.4) is 0 Å². The number of halogens is 2. The Labute approximate surface area is 144 Å². The molecule has 0 radical (unpaired) electrons. The standard InChI is InChI=1S/C13H12Br2N4OS/c14-8-4-10(15)17-11(5-8)18-13(21)19-12-16-6-9(20-12)7-2-1-3-7/h4-7H,1-3H2,(H2,16,17,18,19,21). The Morgan fingerprint density at radius 3 is 2.76 bits per heavy atom. The zero-order valence-corrected chi connectivity index (χ0v) is 14.9. The van der Waals surface area contributed by atoms with Crippen molar-refractivity contribution in [3.05, 3.63) is 33.2 Å². The van der Waals surface area contributed by atoms with Crippen LogP contribution in [0.1, 0.15) is 30.9 Å². The molecule has 2 N–H and O–H groups in total. The van der Waals surface area contributed by atoms with Gasteiger partial charge in [-0.1, -0.05) is 22.4 Å². The normalized spacial score (nSPS) is 14.6. The van der Waals surface area contributed by atoms with Crippen molar-refractivity contribution in [2.45, 2.75) is 25.2 Å². The average molecular weight is 432 g/mol. The van der Waals surface area contributed by atoms with E-state index in [-0.39, 0.29) is 0 Å². The van der Waals surface area contributed by atoms with Crippen LogP contribution in [0.2, 0.25) is 0 Å². The van der Waals surface area contributed by atoms with Gasteiger partial charge in [-0.3, -0.25) is 5.32 Å². The molecule has 2 aromatic rings. The molecule has 0 spiro atoms. The van der Waals surface area contributed by atoms with Crippen LogP contribution in [0.4, 0.5) is 11.8 Å². The minimum atomic E-state index is 0.384. The van der Waals surface area contributed by atoms with E-state index in [4.69, 9.17) is 16.6 Å². The van der Waals surface area contributed by atoms with E-state index in [0.29, 0.717) is 27.5 Å². The molecule has 5 nitrogen and oxygen atoms in total. The first-order chi connectivity index (χ1) is 10.1. The molecule has 1 aliphatic rings. The first kappa shape index (κ1) is 14.9. The second kappa shape index (κ2) is 6.41. The fourth-order valence-electron chi connectivity index (χ4n) is 2.00.